The van der Waals surface area contributed by atoms with Gasteiger partial charge in [0.05, 0.1) is 0 Å². The average molecular weight is 138 g/mol. The molecule has 3 saturated carbocycles. The Morgan fingerprint density at radius 1 is 1.60 bits per heavy atom. The van der Waals surface area contributed by atoms with Crippen LogP contribution in [0.5, 0.6) is 0 Å². The lowest BCUT2D eigenvalue weighted by atomic mass is 10.1. The first-order chi connectivity index (χ1) is 4.79. The minimum absolute atomic E-state index is 0.0150. The molecule has 4 atom stereocenters. The predicted molar refractivity (Wildman–Crippen MR) is 34.5 cm³/mol. The molecule has 10 heavy (non-hydrogen) atoms. The van der Waals surface area contributed by atoms with Gasteiger partial charge in [0.15, 0.2) is 5.78 Å². The van der Waals surface area contributed by atoms with E-state index in [0.717, 1.165) is 0 Å². The molecule has 54 valence electrons. The highest BCUT2D eigenvalue weighted by Crippen LogP contribution is 2.80. The van der Waals surface area contributed by atoms with Gasteiger partial charge in [-0.25, -0.2) is 0 Å². The van der Waals surface area contributed by atoms with Crippen molar-refractivity contribution in [2.75, 3.05) is 7.11 Å². The predicted octanol–water partition coefficient (Wildman–Crippen LogP) is 0.610. The van der Waals surface area contributed by atoms with Gasteiger partial charge in [-0.05, 0) is 24.2 Å². The van der Waals surface area contributed by atoms with E-state index in [0.29, 0.717) is 23.0 Å². The number of ether oxygens (including phenoxy) is 1. The minimum atomic E-state index is -0.0150. The topological polar surface area (TPSA) is 26.3 Å². The van der Waals surface area contributed by atoms with Crippen molar-refractivity contribution in [2.24, 2.45) is 17.3 Å². The highest BCUT2D eigenvalue weighted by molar-refractivity contribution is 5.94. The summed E-state index contributed by atoms with van der Waals surface area (Å²) >= 11 is 0. The summed E-state index contributed by atoms with van der Waals surface area (Å²) in [5, 5.41) is 0. The van der Waals surface area contributed by atoms with Crippen molar-refractivity contribution >= 4 is 5.78 Å². The van der Waals surface area contributed by atoms with Crippen LogP contribution in [-0.4, -0.2) is 19.0 Å². The molecule has 0 amide bonds. The number of methoxy groups -OCH3 is 1. The SMILES string of the molecule is COC1C(=O)[C@H]2CC23C[C@H]13. The Kier molecular flexibility index (Phi) is 0.626. The number of ketones is 1. The third-order valence-corrected chi connectivity index (χ3v) is 3.54. The molecule has 0 N–H and O–H groups in total. The van der Waals surface area contributed by atoms with E-state index in [2.05, 4.69) is 0 Å². The van der Waals surface area contributed by atoms with E-state index in [9.17, 15) is 4.79 Å². The van der Waals surface area contributed by atoms with Crippen molar-refractivity contribution in [1.82, 2.24) is 0 Å². The van der Waals surface area contributed by atoms with Crippen LogP contribution in [0.2, 0.25) is 0 Å². The first kappa shape index (κ1) is 5.30. The molecule has 1 spiro atoms. The van der Waals surface area contributed by atoms with Crippen molar-refractivity contribution in [2.45, 2.75) is 18.9 Å². The zero-order chi connectivity index (χ0) is 6.93. The Labute approximate surface area is 59.6 Å². The number of carbonyl (C=O) groups is 1. The number of carbonyl (C=O) groups excluding carboxylic acids is 1. The molecule has 0 aromatic carbocycles. The molecule has 3 aliphatic carbocycles. The van der Waals surface area contributed by atoms with Crippen LogP contribution < -0.4 is 0 Å². The van der Waals surface area contributed by atoms with Crippen LogP contribution in [0.1, 0.15) is 12.8 Å². The van der Waals surface area contributed by atoms with Gasteiger partial charge in [-0.3, -0.25) is 4.79 Å². The lowest BCUT2D eigenvalue weighted by Gasteiger charge is -2.08. The third kappa shape index (κ3) is 0.335. The average Bonchev–Trinajstić information content (AvgIpc) is 2.75. The van der Waals surface area contributed by atoms with Crippen molar-refractivity contribution in [1.29, 1.82) is 0 Å². The number of Topliss-reactive ketones (excluding diaryl/α,β-unsaturated/α-hetero) is 1. The largest absolute Gasteiger partial charge is 0.373 e. The standard InChI is InChI=1S/C8H10O2/c1-10-7-5-3-8(5)2-4(8)6(7)9/h4-5,7H,2-3H2,1H3/t4-,5-,7?,8?/m1/s1. The van der Waals surface area contributed by atoms with Gasteiger partial charge in [-0.15, -0.1) is 0 Å². The molecule has 0 heterocycles. The molecule has 2 heteroatoms. The van der Waals surface area contributed by atoms with Crippen LogP contribution in [-0.2, 0) is 9.53 Å². The van der Waals surface area contributed by atoms with Gasteiger partial charge in [0.1, 0.15) is 6.10 Å². The van der Waals surface area contributed by atoms with Gasteiger partial charge in [0, 0.05) is 13.0 Å². The molecule has 2 unspecified atom stereocenters. The Balaban J connectivity index is 1.96. The van der Waals surface area contributed by atoms with Crippen LogP contribution in [0.4, 0.5) is 0 Å². The van der Waals surface area contributed by atoms with E-state index in [1.54, 1.807) is 7.11 Å². The second kappa shape index (κ2) is 1.18. The van der Waals surface area contributed by atoms with Gasteiger partial charge < -0.3 is 4.74 Å². The monoisotopic (exact) mass is 138 g/mol. The molecular weight excluding hydrogens is 128 g/mol. The van der Waals surface area contributed by atoms with Crippen LogP contribution in [0, 0.1) is 17.3 Å². The second-order valence-corrected chi connectivity index (χ2v) is 3.86. The van der Waals surface area contributed by atoms with Crippen LogP contribution in [0.25, 0.3) is 0 Å². The highest BCUT2D eigenvalue weighted by atomic mass is 16.5. The Hall–Kier alpha value is -0.370. The summed E-state index contributed by atoms with van der Waals surface area (Å²) in [6.07, 6.45) is 2.43. The van der Waals surface area contributed by atoms with Gasteiger partial charge >= 0.3 is 0 Å². The molecule has 0 radical (unpaired) electrons. The number of rotatable bonds is 1. The Morgan fingerprint density at radius 3 is 2.80 bits per heavy atom. The fraction of sp³-hybridized carbons (Fsp3) is 0.875. The van der Waals surface area contributed by atoms with Gasteiger partial charge in [0.25, 0.3) is 0 Å². The van der Waals surface area contributed by atoms with Crippen LogP contribution >= 0.6 is 0 Å². The smallest absolute Gasteiger partial charge is 0.165 e. The van der Waals surface area contributed by atoms with E-state index in [4.69, 9.17) is 4.74 Å². The maximum Gasteiger partial charge on any atom is 0.165 e. The first-order valence-corrected chi connectivity index (χ1v) is 3.86. The van der Waals surface area contributed by atoms with Gasteiger partial charge in [0.2, 0.25) is 0 Å². The second-order valence-electron chi connectivity index (χ2n) is 3.86. The summed E-state index contributed by atoms with van der Waals surface area (Å²) < 4.78 is 5.12. The maximum atomic E-state index is 11.3. The molecule has 2 nitrogen and oxygen atoms in total. The molecule has 0 bridgehead atoms. The van der Waals surface area contributed by atoms with E-state index >= 15 is 0 Å². The lowest BCUT2D eigenvalue weighted by Crippen LogP contribution is -2.23. The van der Waals surface area contributed by atoms with Crippen molar-refractivity contribution in [3.05, 3.63) is 0 Å². The molecule has 3 aliphatic rings. The van der Waals surface area contributed by atoms with Crippen LogP contribution in [0.3, 0.4) is 0 Å². The normalized spacial score (nSPS) is 61.7. The summed E-state index contributed by atoms with van der Waals surface area (Å²) in [6.45, 7) is 0. The van der Waals surface area contributed by atoms with E-state index in [1.165, 1.54) is 12.8 Å². The summed E-state index contributed by atoms with van der Waals surface area (Å²) in [4.78, 5) is 11.3. The van der Waals surface area contributed by atoms with Crippen molar-refractivity contribution < 1.29 is 9.53 Å². The Morgan fingerprint density at radius 2 is 2.40 bits per heavy atom. The first-order valence-electron chi connectivity index (χ1n) is 3.86. The molecule has 3 rings (SSSR count). The molecule has 0 aromatic heterocycles. The minimum Gasteiger partial charge on any atom is -0.373 e. The van der Waals surface area contributed by atoms with Gasteiger partial charge in [-0.1, -0.05) is 0 Å². The van der Waals surface area contributed by atoms with Gasteiger partial charge in [-0.2, -0.15) is 0 Å². The summed E-state index contributed by atoms with van der Waals surface area (Å²) in [7, 11) is 1.65. The van der Waals surface area contributed by atoms with Crippen molar-refractivity contribution in [3.63, 3.8) is 0 Å². The van der Waals surface area contributed by atoms with E-state index < -0.39 is 0 Å². The molecular formula is C8H10O2. The fourth-order valence-corrected chi connectivity index (χ4v) is 2.78. The summed E-state index contributed by atoms with van der Waals surface area (Å²) in [6, 6.07) is 0. The van der Waals surface area contributed by atoms with E-state index in [-0.39, 0.29) is 6.10 Å². The van der Waals surface area contributed by atoms with Crippen molar-refractivity contribution in [3.8, 4) is 0 Å². The summed E-state index contributed by atoms with van der Waals surface area (Å²) in [5.41, 5.74) is 0.498. The molecule has 0 aliphatic heterocycles. The molecule has 3 fully saturated rings. The Bertz CT molecular complexity index is 223. The van der Waals surface area contributed by atoms with E-state index in [1.807, 2.05) is 0 Å². The number of hydrogen-bond donors (Lipinski definition) is 0. The third-order valence-electron chi connectivity index (χ3n) is 3.54. The zero-order valence-electron chi connectivity index (χ0n) is 5.96. The lowest BCUT2D eigenvalue weighted by molar-refractivity contribution is -0.129. The number of hydrogen-bond acceptors (Lipinski definition) is 2. The summed E-state index contributed by atoms with van der Waals surface area (Å²) in [5.74, 6) is 1.43. The highest BCUT2D eigenvalue weighted by Gasteiger charge is 2.81. The molecule has 0 saturated heterocycles. The van der Waals surface area contributed by atoms with Crippen LogP contribution in [0.15, 0.2) is 0 Å². The maximum absolute atomic E-state index is 11.3. The zero-order valence-corrected chi connectivity index (χ0v) is 5.96. The quantitative estimate of drug-likeness (QED) is 0.530. The molecule has 0 aromatic rings. The fourth-order valence-electron chi connectivity index (χ4n) is 2.78.